The van der Waals surface area contributed by atoms with Gasteiger partial charge in [0.1, 0.15) is 0 Å². The molecule has 0 unspecified atom stereocenters. The van der Waals surface area contributed by atoms with E-state index in [1.54, 1.807) is 18.5 Å². The minimum atomic E-state index is -4.54. The lowest BCUT2D eigenvalue weighted by Gasteiger charge is -2.19. The number of nitriles is 1. The van der Waals surface area contributed by atoms with E-state index in [0.717, 1.165) is 24.7 Å². The maximum absolute atomic E-state index is 13.0. The number of pyridine rings is 1. The summed E-state index contributed by atoms with van der Waals surface area (Å²) in [6.07, 6.45) is -0.257. The summed E-state index contributed by atoms with van der Waals surface area (Å²) in [7, 11) is 0. The van der Waals surface area contributed by atoms with Gasteiger partial charge < -0.3 is 10.2 Å². The van der Waals surface area contributed by atoms with Crippen LogP contribution in [-0.4, -0.2) is 24.1 Å². The van der Waals surface area contributed by atoms with E-state index in [9.17, 15) is 13.2 Å². The van der Waals surface area contributed by atoms with Crippen LogP contribution in [0.4, 0.5) is 24.5 Å². The van der Waals surface area contributed by atoms with Crippen molar-refractivity contribution in [3.63, 3.8) is 0 Å². The Morgan fingerprint density at radius 3 is 2.79 bits per heavy atom. The van der Waals surface area contributed by atoms with Crippen molar-refractivity contribution < 1.29 is 13.2 Å². The second kappa shape index (κ2) is 6.40. The van der Waals surface area contributed by atoms with Gasteiger partial charge in [0, 0.05) is 31.0 Å². The fourth-order valence-electron chi connectivity index (χ4n) is 2.86. The molecule has 0 aliphatic carbocycles. The molecule has 124 valence electrons. The lowest BCUT2D eigenvalue weighted by atomic mass is 10.1. The van der Waals surface area contributed by atoms with Gasteiger partial charge >= 0.3 is 6.18 Å². The van der Waals surface area contributed by atoms with Crippen molar-refractivity contribution in [2.75, 3.05) is 23.3 Å². The minimum Gasteiger partial charge on any atom is -0.380 e. The normalized spacial score (nSPS) is 17.6. The molecule has 1 aromatic carbocycles. The average Bonchev–Trinajstić information content (AvgIpc) is 3.03. The molecule has 0 amide bonds. The summed E-state index contributed by atoms with van der Waals surface area (Å²) in [6, 6.07) is 9.17. The molecule has 1 aliphatic rings. The zero-order chi connectivity index (χ0) is 17.2. The largest absolute Gasteiger partial charge is 0.417 e. The van der Waals surface area contributed by atoms with Crippen LogP contribution in [0.25, 0.3) is 0 Å². The topological polar surface area (TPSA) is 52.0 Å². The molecule has 4 nitrogen and oxygen atoms in total. The number of aromatic nitrogens is 1. The number of alkyl halides is 3. The Labute approximate surface area is 137 Å². The number of halogens is 3. The Bertz CT molecular complexity index is 753. The van der Waals surface area contributed by atoms with Crippen LogP contribution in [-0.2, 0) is 6.18 Å². The quantitative estimate of drug-likeness (QED) is 0.932. The molecule has 1 aromatic heterocycles. The van der Waals surface area contributed by atoms with E-state index in [1.165, 1.54) is 12.1 Å². The third kappa shape index (κ3) is 3.43. The average molecular weight is 332 g/mol. The molecule has 0 radical (unpaired) electrons. The summed E-state index contributed by atoms with van der Waals surface area (Å²) >= 11 is 0. The van der Waals surface area contributed by atoms with Crippen LogP contribution in [0.1, 0.15) is 17.5 Å². The predicted molar refractivity (Wildman–Crippen MR) is 84.6 cm³/mol. The Balaban J connectivity index is 1.72. The van der Waals surface area contributed by atoms with E-state index >= 15 is 0 Å². The SMILES string of the molecule is N#Cc1ccc(N[C@@H]2CCN(c3cccnc3)C2)cc1C(F)(F)F. The number of hydrogen-bond donors (Lipinski definition) is 1. The highest BCUT2D eigenvalue weighted by Gasteiger charge is 2.34. The number of hydrogen-bond acceptors (Lipinski definition) is 4. The number of benzene rings is 1. The maximum Gasteiger partial charge on any atom is 0.417 e. The Morgan fingerprint density at radius 2 is 2.12 bits per heavy atom. The predicted octanol–water partition coefficient (Wildman–Crippen LogP) is 3.66. The first kappa shape index (κ1) is 16.1. The number of anilines is 2. The second-order valence-corrected chi connectivity index (χ2v) is 5.66. The summed E-state index contributed by atoms with van der Waals surface area (Å²) in [5, 5.41) is 12.0. The highest BCUT2D eigenvalue weighted by Crippen LogP contribution is 2.34. The van der Waals surface area contributed by atoms with Gasteiger partial charge in [-0.2, -0.15) is 18.4 Å². The molecule has 1 fully saturated rings. The van der Waals surface area contributed by atoms with Crippen LogP contribution in [0.2, 0.25) is 0 Å². The molecule has 1 N–H and O–H groups in total. The zero-order valence-corrected chi connectivity index (χ0v) is 12.7. The number of rotatable bonds is 3. The Morgan fingerprint density at radius 1 is 1.29 bits per heavy atom. The van der Waals surface area contributed by atoms with Gasteiger partial charge in [-0.3, -0.25) is 4.98 Å². The molecule has 0 spiro atoms. The Hall–Kier alpha value is -2.75. The van der Waals surface area contributed by atoms with Crippen LogP contribution >= 0.6 is 0 Å². The first-order valence-corrected chi connectivity index (χ1v) is 7.50. The molecule has 1 atom stereocenters. The van der Waals surface area contributed by atoms with Gasteiger partial charge in [0.15, 0.2) is 0 Å². The van der Waals surface area contributed by atoms with E-state index < -0.39 is 11.7 Å². The summed E-state index contributed by atoms with van der Waals surface area (Å²) in [4.78, 5) is 6.22. The molecule has 3 rings (SSSR count). The Kier molecular flexibility index (Phi) is 4.30. The van der Waals surface area contributed by atoms with Crippen molar-refractivity contribution in [2.24, 2.45) is 0 Å². The highest BCUT2D eigenvalue weighted by molar-refractivity contribution is 5.54. The lowest BCUT2D eigenvalue weighted by Crippen LogP contribution is -2.26. The molecular weight excluding hydrogens is 317 g/mol. The monoisotopic (exact) mass is 332 g/mol. The van der Waals surface area contributed by atoms with Crippen molar-refractivity contribution in [2.45, 2.75) is 18.6 Å². The van der Waals surface area contributed by atoms with Gasteiger partial charge in [-0.05, 0) is 36.8 Å². The standard InChI is InChI=1S/C17H15F3N4/c18-17(19,20)16-8-13(4-3-12(16)9-21)23-14-5-7-24(11-14)15-2-1-6-22-10-15/h1-4,6,8,10,14,23H,5,7,11H2/t14-/m1/s1. The lowest BCUT2D eigenvalue weighted by molar-refractivity contribution is -0.137. The summed E-state index contributed by atoms with van der Waals surface area (Å²) in [6.45, 7) is 1.50. The minimum absolute atomic E-state index is 0.0409. The van der Waals surface area contributed by atoms with Crippen molar-refractivity contribution in [3.8, 4) is 6.07 Å². The molecule has 1 saturated heterocycles. The van der Waals surface area contributed by atoms with Crippen LogP contribution in [0, 0.1) is 11.3 Å². The maximum atomic E-state index is 13.0. The van der Waals surface area contributed by atoms with Crippen LogP contribution in [0.5, 0.6) is 0 Å². The fraction of sp³-hybridized carbons (Fsp3) is 0.294. The van der Waals surface area contributed by atoms with Crippen LogP contribution < -0.4 is 10.2 Å². The van der Waals surface area contributed by atoms with E-state index in [0.29, 0.717) is 12.2 Å². The third-order valence-corrected chi connectivity index (χ3v) is 4.02. The molecule has 7 heteroatoms. The first-order chi connectivity index (χ1) is 11.5. The summed E-state index contributed by atoms with van der Waals surface area (Å²) in [5.41, 5.74) is 0.102. The third-order valence-electron chi connectivity index (χ3n) is 4.02. The van der Waals surface area contributed by atoms with Crippen LogP contribution in [0.15, 0.2) is 42.7 Å². The second-order valence-electron chi connectivity index (χ2n) is 5.66. The van der Waals surface area contributed by atoms with Gasteiger partial charge in [0.2, 0.25) is 0 Å². The van der Waals surface area contributed by atoms with Gasteiger partial charge in [-0.1, -0.05) is 0 Å². The molecule has 2 heterocycles. The fourth-order valence-corrected chi connectivity index (χ4v) is 2.86. The highest BCUT2D eigenvalue weighted by atomic mass is 19.4. The molecular formula is C17H15F3N4. The van der Waals surface area contributed by atoms with Crippen molar-refractivity contribution >= 4 is 11.4 Å². The zero-order valence-electron chi connectivity index (χ0n) is 12.7. The van der Waals surface area contributed by atoms with Gasteiger partial charge in [-0.15, -0.1) is 0 Å². The van der Waals surface area contributed by atoms with Crippen molar-refractivity contribution in [1.82, 2.24) is 4.98 Å². The molecule has 0 bridgehead atoms. The first-order valence-electron chi connectivity index (χ1n) is 7.50. The molecule has 2 aromatic rings. The van der Waals surface area contributed by atoms with E-state index in [2.05, 4.69) is 15.2 Å². The molecule has 24 heavy (non-hydrogen) atoms. The number of nitrogens with one attached hydrogen (secondary N) is 1. The number of nitrogens with zero attached hydrogens (tertiary/aromatic N) is 3. The summed E-state index contributed by atoms with van der Waals surface area (Å²) in [5.74, 6) is 0. The van der Waals surface area contributed by atoms with Gasteiger partial charge in [-0.25, -0.2) is 0 Å². The van der Waals surface area contributed by atoms with Crippen molar-refractivity contribution in [3.05, 3.63) is 53.9 Å². The van der Waals surface area contributed by atoms with Crippen molar-refractivity contribution in [1.29, 1.82) is 5.26 Å². The smallest absolute Gasteiger partial charge is 0.380 e. The molecule has 1 aliphatic heterocycles. The van der Waals surface area contributed by atoms with Crippen LogP contribution in [0.3, 0.4) is 0 Å². The van der Waals surface area contributed by atoms with E-state index in [1.807, 2.05) is 12.1 Å². The van der Waals surface area contributed by atoms with E-state index in [4.69, 9.17) is 5.26 Å². The van der Waals surface area contributed by atoms with Gasteiger partial charge in [0.05, 0.1) is 29.1 Å². The van der Waals surface area contributed by atoms with E-state index in [-0.39, 0.29) is 11.6 Å². The summed E-state index contributed by atoms with van der Waals surface area (Å²) < 4.78 is 39.1. The molecule has 0 saturated carbocycles. The van der Waals surface area contributed by atoms with Gasteiger partial charge in [0.25, 0.3) is 0 Å².